The van der Waals surface area contributed by atoms with Crippen LogP contribution in [0, 0.1) is 0 Å². The lowest BCUT2D eigenvalue weighted by molar-refractivity contribution is 0.122. The Balaban J connectivity index is 1.63. The fraction of sp³-hybridized carbons (Fsp3) is 0.450. The highest BCUT2D eigenvalue weighted by Gasteiger charge is 2.24. The number of para-hydroxylation sites is 2. The third kappa shape index (κ3) is 3.68. The van der Waals surface area contributed by atoms with Gasteiger partial charge in [0.05, 0.1) is 24.2 Å². The van der Waals surface area contributed by atoms with E-state index in [1.807, 2.05) is 11.0 Å². The Morgan fingerprint density at radius 2 is 1.97 bits per heavy atom. The molecule has 1 aromatic carbocycles. The van der Waals surface area contributed by atoms with Crippen molar-refractivity contribution in [2.24, 2.45) is 0 Å². The zero-order valence-corrected chi connectivity index (χ0v) is 16.4. The summed E-state index contributed by atoms with van der Waals surface area (Å²) in [6.45, 7) is 4.25. The summed E-state index contributed by atoms with van der Waals surface area (Å²) in [5, 5.41) is 6.74. The maximum atomic E-state index is 13.9. The number of morpholine rings is 1. The van der Waals surface area contributed by atoms with Crippen LogP contribution in [0.5, 0.6) is 0 Å². The highest BCUT2D eigenvalue weighted by molar-refractivity contribution is 5.78. The van der Waals surface area contributed by atoms with Gasteiger partial charge >= 0.3 is 0 Å². The number of imidazole rings is 1. The molecule has 0 saturated carbocycles. The summed E-state index contributed by atoms with van der Waals surface area (Å²) in [4.78, 5) is 15.5. The van der Waals surface area contributed by atoms with Gasteiger partial charge in [0.2, 0.25) is 5.95 Å². The van der Waals surface area contributed by atoms with E-state index in [0.717, 1.165) is 19.5 Å². The molecule has 0 spiro atoms. The Bertz CT molecular complexity index is 1030. The van der Waals surface area contributed by atoms with E-state index in [1.54, 1.807) is 24.3 Å². The number of anilines is 2. The molecule has 2 aromatic heterocycles. The number of hydrogen-bond acceptors (Lipinski definition) is 7. The van der Waals surface area contributed by atoms with E-state index in [1.165, 1.54) is 4.57 Å². The van der Waals surface area contributed by atoms with Crippen molar-refractivity contribution >= 4 is 22.8 Å². The minimum absolute atomic E-state index is 0.236. The van der Waals surface area contributed by atoms with Gasteiger partial charge in [0.15, 0.2) is 5.82 Å². The van der Waals surface area contributed by atoms with Crippen LogP contribution < -0.4 is 15.5 Å². The standard InChI is InChI=1S/C20H23F2N7O/c21-18(22)19-25-14-3-1-2-4-15(14)29(19)17-11-16(24-13-5-6-23-12-13)26-20(27-17)28-7-9-30-10-8-28/h1-4,11,13,18,23H,5-10,12H2,(H,24,26,27)/t13-/m0/s1. The second-order valence-corrected chi connectivity index (χ2v) is 7.44. The van der Waals surface area contributed by atoms with Crippen molar-refractivity contribution in [3.63, 3.8) is 0 Å². The van der Waals surface area contributed by atoms with Crippen LogP contribution in [0.15, 0.2) is 30.3 Å². The average Bonchev–Trinajstić information content (AvgIpc) is 3.42. The SMILES string of the molecule is FC(F)c1nc2ccccc2n1-c1cc(N[C@H]2CCNC2)nc(N2CCOCC2)n1. The molecule has 30 heavy (non-hydrogen) atoms. The minimum Gasteiger partial charge on any atom is -0.378 e. The molecule has 2 fully saturated rings. The van der Waals surface area contributed by atoms with Gasteiger partial charge in [-0.25, -0.2) is 13.8 Å². The molecule has 0 amide bonds. The number of aromatic nitrogens is 4. The first kappa shape index (κ1) is 19.1. The van der Waals surface area contributed by atoms with E-state index < -0.39 is 6.43 Å². The van der Waals surface area contributed by atoms with E-state index in [4.69, 9.17) is 4.74 Å². The van der Waals surface area contributed by atoms with Crippen molar-refractivity contribution in [3.05, 3.63) is 36.2 Å². The molecule has 0 bridgehead atoms. The Kier molecular flexibility index (Phi) is 5.17. The van der Waals surface area contributed by atoms with Gasteiger partial charge in [-0.1, -0.05) is 12.1 Å². The molecule has 3 aromatic rings. The van der Waals surface area contributed by atoms with Crippen LogP contribution in [-0.2, 0) is 4.74 Å². The number of alkyl halides is 2. The van der Waals surface area contributed by atoms with Crippen LogP contribution in [0.2, 0.25) is 0 Å². The molecule has 0 aliphatic carbocycles. The first-order chi connectivity index (χ1) is 14.7. The Labute approximate surface area is 172 Å². The number of benzene rings is 1. The molecular formula is C20H23F2N7O. The van der Waals surface area contributed by atoms with Crippen molar-refractivity contribution in [2.75, 3.05) is 49.6 Å². The van der Waals surface area contributed by atoms with E-state index in [2.05, 4.69) is 25.6 Å². The molecule has 0 unspecified atom stereocenters. The van der Waals surface area contributed by atoms with Gasteiger partial charge in [-0.3, -0.25) is 4.57 Å². The quantitative estimate of drug-likeness (QED) is 0.662. The lowest BCUT2D eigenvalue weighted by Crippen LogP contribution is -2.37. The minimum atomic E-state index is -2.73. The summed E-state index contributed by atoms with van der Waals surface area (Å²) in [5.41, 5.74) is 1.10. The van der Waals surface area contributed by atoms with Crippen LogP contribution >= 0.6 is 0 Å². The number of nitrogens with zero attached hydrogens (tertiary/aromatic N) is 5. The van der Waals surface area contributed by atoms with Crippen molar-refractivity contribution in [1.82, 2.24) is 24.8 Å². The number of hydrogen-bond donors (Lipinski definition) is 2. The van der Waals surface area contributed by atoms with E-state index in [0.29, 0.717) is 54.9 Å². The first-order valence-electron chi connectivity index (χ1n) is 10.1. The molecule has 2 aliphatic rings. The molecule has 158 valence electrons. The van der Waals surface area contributed by atoms with E-state index in [9.17, 15) is 8.78 Å². The summed E-state index contributed by atoms with van der Waals surface area (Å²) in [5.74, 6) is 1.18. The highest BCUT2D eigenvalue weighted by atomic mass is 19.3. The van der Waals surface area contributed by atoms with E-state index in [-0.39, 0.29) is 11.9 Å². The molecule has 4 heterocycles. The summed E-state index contributed by atoms with van der Waals surface area (Å²) < 4.78 is 34.6. The monoisotopic (exact) mass is 415 g/mol. The third-order valence-electron chi connectivity index (χ3n) is 5.42. The summed E-state index contributed by atoms with van der Waals surface area (Å²) in [7, 11) is 0. The van der Waals surface area contributed by atoms with Gasteiger partial charge < -0.3 is 20.3 Å². The number of nitrogens with one attached hydrogen (secondary N) is 2. The Hall–Kier alpha value is -2.85. The average molecular weight is 415 g/mol. The number of fused-ring (bicyclic) bond motifs is 1. The number of ether oxygens (including phenoxy) is 1. The molecule has 0 radical (unpaired) electrons. The third-order valence-corrected chi connectivity index (χ3v) is 5.42. The first-order valence-corrected chi connectivity index (χ1v) is 10.1. The summed E-state index contributed by atoms with van der Waals surface area (Å²) in [6, 6.07) is 9.06. The van der Waals surface area contributed by atoms with Crippen LogP contribution in [0.1, 0.15) is 18.7 Å². The predicted octanol–water partition coefficient (Wildman–Crippen LogP) is 2.36. The van der Waals surface area contributed by atoms with Gasteiger partial charge in [0.25, 0.3) is 6.43 Å². The van der Waals surface area contributed by atoms with Crippen LogP contribution in [0.25, 0.3) is 16.9 Å². The predicted molar refractivity (Wildman–Crippen MR) is 110 cm³/mol. The molecule has 5 rings (SSSR count). The second kappa shape index (κ2) is 8.11. The van der Waals surface area contributed by atoms with Crippen molar-refractivity contribution in [3.8, 4) is 5.82 Å². The molecule has 2 aliphatic heterocycles. The van der Waals surface area contributed by atoms with Gasteiger partial charge in [-0.2, -0.15) is 9.97 Å². The second-order valence-electron chi connectivity index (χ2n) is 7.44. The molecule has 8 nitrogen and oxygen atoms in total. The van der Waals surface area contributed by atoms with Crippen molar-refractivity contribution < 1.29 is 13.5 Å². The molecule has 2 saturated heterocycles. The molecule has 1 atom stereocenters. The molecular weight excluding hydrogens is 392 g/mol. The van der Waals surface area contributed by atoms with Gasteiger partial charge in [0.1, 0.15) is 11.6 Å². The van der Waals surface area contributed by atoms with E-state index >= 15 is 0 Å². The van der Waals surface area contributed by atoms with Gasteiger partial charge in [-0.05, 0) is 25.1 Å². The van der Waals surface area contributed by atoms with Crippen molar-refractivity contribution in [1.29, 1.82) is 0 Å². The number of halogens is 2. The lowest BCUT2D eigenvalue weighted by Gasteiger charge is -2.27. The van der Waals surface area contributed by atoms with Crippen LogP contribution in [0.4, 0.5) is 20.5 Å². The normalized spacial score (nSPS) is 19.7. The topological polar surface area (TPSA) is 80.1 Å². The van der Waals surface area contributed by atoms with Crippen molar-refractivity contribution in [2.45, 2.75) is 18.9 Å². The fourth-order valence-corrected chi connectivity index (χ4v) is 3.93. The van der Waals surface area contributed by atoms with Gasteiger partial charge in [-0.15, -0.1) is 0 Å². The maximum Gasteiger partial charge on any atom is 0.296 e. The summed E-state index contributed by atoms with van der Waals surface area (Å²) >= 11 is 0. The zero-order chi connectivity index (χ0) is 20.5. The fourth-order valence-electron chi connectivity index (χ4n) is 3.93. The lowest BCUT2D eigenvalue weighted by atomic mass is 10.2. The molecule has 10 heteroatoms. The summed E-state index contributed by atoms with van der Waals surface area (Å²) in [6.07, 6.45) is -1.75. The smallest absolute Gasteiger partial charge is 0.296 e. The largest absolute Gasteiger partial charge is 0.378 e. The maximum absolute atomic E-state index is 13.9. The highest BCUT2D eigenvalue weighted by Crippen LogP contribution is 2.29. The van der Waals surface area contributed by atoms with Crippen LogP contribution in [-0.4, -0.2) is 65.0 Å². The number of rotatable bonds is 5. The molecule has 2 N–H and O–H groups in total. The Morgan fingerprint density at radius 3 is 2.73 bits per heavy atom. The van der Waals surface area contributed by atoms with Crippen LogP contribution in [0.3, 0.4) is 0 Å². The zero-order valence-electron chi connectivity index (χ0n) is 16.4. The van der Waals surface area contributed by atoms with Gasteiger partial charge in [0, 0.05) is 31.7 Å². The Morgan fingerprint density at radius 1 is 1.13 bits per heavy atom.